The third kappa shape index (κ3) is 6.78. The number of carbonyl (C=O) groups excluding carboxylic acids is 1. The number of carbonyl (C=O) groups is 1. The van der Waals surface area contributed by atoms with E-state index in [0.29, 0.717) is 29.2 Å². The zero-order valence-corrected chi connectivity index (χ0v) is 19.2. The van der Waals surface area contributed by atoms with E-state index in [0.717, 1.165) is 11.1 Å². The van der Waals surface area contributed by atoms with Crippen LogP contribution in [0.2, 0.25) is 0 Å². The van der Waals surface area contributed by atoms with Gasteiger partial charge in [0.1, 0.15) is 18.1 Å². The lowest BCUT2D eigenvalue weighted by Crippen LogP contribution is -2.10. The zero-order valence-electron chi connectivity index (χ0n) is 19.2. The van der Waals surface area contributed by atoms with Crippen molar-refractivity contribution in [3.8, 4) is 23.3 Å². The van der Waals surface area contributed by atoms with Gasteiger partial charge in [-0.05, 0) is 59.7 Å². The molecular formula is C29H22FN3O3. The van der Waals surface area contributed by atoms with Crippen molar-refractivity contribution in [2.45, 2.75) is 13.0 Å². The Labute approximate surface area is 208 Å². The first-order chi connectivity index (χ1) is 17.6. The van der Waals surface area contributed by atoms with Crippen LogP contribution in [0.5, 0.6) is 17.2 Å². The summed E-state index contributed by atoms with van der Waals surface area (Å²) < 4.78 is 25.8. The Bertz CT molecular complexity index is 1400. The second kappa shape index (κ2) is 12.0. The molecule has 0 saturated carbocycles. The van der Waals surface area contributed by atoms with Gasteiger partial charge in [-0.3, -0.25) is 9.78 Å². The molecule has 36 heavy (non-hydrogen) atoms. The predicted octanol–water partition coefficient (Wildman–Crippen LogP) is 6.31. The fraction of sp³-hybridized carbons (Fsp3) is 0.0690. The van der Waals surface area contributed by atoms with E-state index in [2.05, 4.69) is 16.4 Å². The first kappa shape index (κ1) is 24.2. The number of nitriles is 1. The van der Waals surface area contributed by atoms with Gasteiger partial charge in [-0.1, -0.05) is 36.4 Å². The summed E-state index contributed by atoms with van der Waals surface area (Å²) in [5.74, 6) is 0.246. The lowest BCUT2D eigenvalue weighted by atomic mass is 10.1. The van der Waals surface area contributed by atoms with Crippen LogP contribution in [0.25, 0.3) is 6.08 Å². The van der Waals surface area contributed by atoms with Crippen molar-refractivity contribution < 1.29 is 18.7 Å². The molecule has 178 valence electrons. The van der Waals surface area contributed by atoms with Crippen LogP contribution in [0.4, 0.5) is 10.1 Å². The van der Waals surface area contributed by atoms with Crippen molar-refractivity contribution in [1.82, 2.24) is 4.98 Å². The van der Waals surface area contributed by atoms with Gasteiger partial charge < -0.3 is 14.8 Å². The first-order valence-electron chi connectivity index (χ1n) is 11.1. The molecule has 0 aliphatic carbocycles. The van der Waals surface area contributed by atoms with E-state index in [1.165, 1.54) is 30.5 Å². The van der Waals surface area contributed by atoms with Crippen LogP contribution in [-0.4, -0.2) is 10.9 Å². The van der Waals surface area contributed by atoms with E-state index in [4.69, 9.17) is 14.7 Å². The molecule has 1 amide bonds. The predicted molar refractivity (Wildman–Crippen MR) is 135 cm³/mol. The topological polar surface area (TPSA) is 84.2 Å². The van der Waals surface area contributed by atoms with Crippen molar-refractivity contribution in [3.63, 3.8) is 0 Å². The summed E-state index contributed by atoms with van der Waals surface area (Å²) in [7, 11) is 0. The van der Waals surface area contributed by atoms with Crippen LogP contribution in [0, 0.1) is 17.1 Å². The van der Waals surface area contributed by atoms with Gasteiger partial charge in [-0.15, -0.1) is 0 Å². The minimum atomic E-state index is -0.551. The number of amides is 1. The Morgan fingerprint density at radius 3 is 2.61 bits per heavy atom. The van der Waals surface area contributed by atoms with Gasteiger partial charge in [0, 0.05) is 23.5 Å². The number of para-hydroxylation sites is 1. The van der Waals surface area contributed by atoms with Crippen LogP contribution in [-0.2, 0) is 17.8 Å². The third-order valence-electron chi connectivity index (χ3n) is 5.12. The lowest BCUT2D eigenvalue weighted by Gasteiger charge is -2.11. The molecule has 0 bridgehead atoms. The molecule has 7 heteroatoms. The van der Waals surface area contributed by atoms with E-state index in [9.17, 15) is 9.18 Å². The van der Waals surface area contributed by atoms with Gasteiger partial charge in [0.15, 0.2) is 11.6 Å². The molecule has 4 aromatic rings. The Balaban J connectivity index is 1.36. The van der Waals surface area contributed by atoms with Crippen LogP contribution in [0.1, 0.15) is 16.7 Å². The van der Waals surface area contributed by atoms with Gasteiger partial charge in [0.2, 0.25) is 5.91 Å². The van der Waals surface area contributed by atoms with Gasteiger partial charge in [0.05, 0.1) is 18.7 Å². The number of nitrogens with one attached hydrogen (secondary N) is 1. The fourth-order valence-electron chi connectivity index (χ4n) is 3.31. The molecule has 1 heterocycles. The van der Waals surface area contributed by atoms with Gasteiger partial charge in [-0.2, -0.15) is 5.26 Å². The SMILES string of the molecule is N#CCc1ccc(OCc2ccccc2NC(=O)/C=C/c2ccc(Oc3cccnc3)c(F)c2)cc1. The molecule has 3 aromatic carbocycles. The van der Waals surface area contributed by atoms with E-state index in [1.54, 1.807) is 30.5 Å². The maximum Gasteiger partial charge on any atom is 0.248 e. The minimum absolute atomic E-state index is 0.0678. The Hall–Kier alpha value is -4.96. The van der Waals surface area contributed by atoms with Crippen LogP contribution < -0.4 is 14.8 Å². The summed E-state index contributed by atoms with van der Waals surface area (Å²) in [6.07, 6.45) is 6.30. The lowest BCUT2D eigenvalue weighted by molar-refractivity contribution is -0.111. The number of ether oxygens (including phenoxy) is 2. The number of pyridine rings is 1. The van der Waals surface area contributed by atoms with Gasteiger partial charge in [0.25, 0.3) is 0 Å². The normalized spacial score (nSPS) is 10.6. The van der Waals surface area contributed by atoms with Crippen LogP contribution in [0.3, 0.4) is 0 Å². The summed E-state index contributed by atoms with van der Waals surface area (Å²) in [6.45, 7) is 0.251. The maximum absolute atomic E-state index is 14.4. The van der Waals surface area contributed by atoms with E-state index >= 15 is 0 Å². The van der Waals surface area contributed by atoms with Crippen molar-refractivity contribution in [1.29, 1.82) is 5.26 Å². The molecular weight excluding hydrogens is 457 g/mol. The molecule has 6 nitrogen and oxygen atoms in total. The number of benzene rings is 3. The first-order valence-corrected chi connectivity index (χ1v) is 11.1. The maximum atomic E-state index is 14.4. The number of halogens is 1. The van der Waals surface area contributed by atoms with Gasteiger partial charge in [-0.25, -0.2) is 4.39 Å². The summed E-state index contributed by atoms with van der Waals surface area (Å²) in [5.41, 5.74) is 2.83. The Kier molecular flexibility index (Phi) is 8.03. The van der Waals surface area contributed by atoms with Gasteiger partial charge >= 0.3 is 0 Å². The molecule has 4 rings (SSSR count). The van der Waals surface area contributed by atoms with E-state index < -0.39 is 5.82 Å². The van der Waals surface area contributed by atoms with Crippen molar-refractivity contribution in [2.75, 3.05) is 5.32 Å². The highest BCUT2D eigenvalue weighted by Gasteiger charge is 2.08. The highest BCUT2D eigenvalue weighted by molar-refractivity contribution is 6.02. The summed E-state index contributed by atoms with van der Waals surface area (Å²) >= 11 is 0. The summed E-state index contributed by atoms with van der Waals surface area (Å²) in [5, 5.41) is 11.6. The molecule has 0 spiro atoms. The average molecular weight is 480 g/mol. The number of nitrogens with zero attached hydrogens (tertiary/aromatic N) is 2. The fourth-order valence-corrected chi connectivity index (χ4v) is 3.31. The highest BCUT2D eigenvalue weighted by Crippen LogP contribution is 2.25. The molecule has 0 unspecified atom stereocenters. The molecule has 1 aromatic heterocycles. The number of anilines is 1. The number of hydrogen-bond acceptors (Lipinski definition) is 5. The molecule has 0 aliphatic heterocycles. The smallest absolute Gasteiger partial charge is 0.248 e. The third-order valence-corrected chi connectivity index (χ3v) is 5.12. The van der Waals surface area contributed by atoms with E-state index in [1.807, 2.05) is 42.5 Å². The second-order valence-corrected chi connectivity index (χ2v) is 7.73. The second-order valence-electron chi connectivity index (χ2n) is 7.73. The Morgan fingerprint density at radius 2 is 1.86 bits per heavy atom. The summed E-state index contributed by atoms with van der Waals surface area (Å²) in [6, 6.07) is 24.6. The number of rotatable bonds is 9. The summed E-state index contributed by atoms with van der Waals surface area (Å²) in [4.78, 5) is 16.4. The highest BCUT2D eigenvalue weighted by atomic mass is 19.1. The monoisotopic (exact) mass is 479 g/mol. The number of hydrogen-bond donors (Lipinski definition) is 1. The molecule has 0 saturated heterocycles. The molecule has 0 aliphatic rings. The zero-order chi connectivity index (χ0) is 25.2. The quantitative estimate of drug-likeness (QED) is 0.284. The average Bonchev–Trinajstić information content (AvgIpc) is 2.90. The van der Waals surface area contributed by atoms with Crippen molar-refractivity contribution in [2.24, 2.45) is 0 Å². The van der Waals surface area contributed by atoms with Crippen molar-refractivity contribution >= 4 is 17.7 Å². The molecule has 0 atom stereocenters. The molecule has 0 fully saturated rings. The number of aromatic nitrogens is 1. The van der Waals surface area contributed by atoms with E-state index in [-0.39, 0.29) is 18.3 Å². The van der Waals surface area contributed by atoms with Crippen LogP contribution >= 0.6 is 0 Å². The standard InChI is InChI=1S/C29H22FN3O3/c30-26-18-22(9-13-28(26)36-25-5-3-17-32-19-25)10-14-29(34)33-27-6-2-1-4-23(27)20-35-24-11-7-21(8-12-24)15-16-31/h1-14,17-19H,15,20H2,(H,33,34)/b14-10+. The molecule has 0 radical (unpaired) electrons. The Morgan fingerprint density at radius 1 is 1.03 bits per heavy atom. The van der Waals surface area contributed by atoms with Crippen LogP contribution in [0.15, 0.2) is 97.3 Å². The largest absolute Gasteiger partial charge is 0.489 e. The molecule has 1 N–H and O–H groups in total. The minimum Gasteiger partial charge on any atom is -0.489 e. The van der Waals surface area contributed by atoms with Crippen molar-refractivity contribution in [3.05, 3.63) is 120 Å².